The van der Waals surface area contributed by atoms with E-state index in [4.69, 9.17) is 9.47 Å². The molecule has 38 heavy (non-hydrogen) atoms. The molecule has 0 aliphatic carbocycles. The maximum Gasteiger partial charge on any atom is 0.295 e. The van der Waals surface area contributed by atoms with Crippen LogP contribution < -0.4 is 14.4 Å². The number of amides is 1. The number of benzene rings is 3. The number of nitrogens with zero attached hydrogens (tertiary/aromatic N) is 2. The van der Waals surface area contributed by atoms with E-state index >= 15 is 0 Å². The van der Waals surface area contributed by atoms with Crippen molar-refractivity contribution in [1.82, 2.24) is 4.90 Å². The van der Waals surface area contributed by atoms with Gasteiger partial charge in [0.05, 0.1) is 31.4 Å². The fraction of sp³-hybridized carbons (Fsp3) is 0.290. The number of ether oxygens (including phenoxy) is 2. The summed E-state index contributed by atoms with van der Waals surface area (Å²) in [6.07, 6.45) is -0.00131. The molecule has 0 aromatic heterocycles. The van der Waals surface area contributed by atoms with Crippen molar-refractivity contribution in [1.29, 1.82) is 0 Å². The Kier molecular flexibility index (Phi) is 7.76. The molecule has 198 valence electrons. The molecule has 1 aliphatic rings. The molecule has 1 aliphatic heterocycles. The Morgan fingerprint density at radius 2 is 1.68 bits per heavy atom. The molecule has 7 heteroatoms. The van der Waals surface area contributed by atoms with Crippen LogP contribution in [0.25, 0.3) is 5.76 Å². The number of rotatable bonds is 8. The van der Waals surface area contributed by atoms with Gasteiger partial charge in [0.25, 0.3) is 11.7 Å². The van der Waals surface area contributed by atoms with E-state index in [2.05, 4.69) is 0 Å². The van der Waals surface area contributed by atoms with Crippen LogP contribution in [0.4, 0.5) is 5.69 Å². The Morgan fingerprint density at radius 1 is 1.00 bits per heavy atom. The number of anilines is 1. The quantitative estimate of drug-likeness (QED) is 0.244. The van der Waals surface area contributed by atoms with Gasteiger partial charge in [-0.3, -0.25) is 9.59 Å². The number of likely N-dealkylation sites (tertiary alicyclic amines) is 1. The van der Waals surface area contributed by atoms with Gasteiger partial charge in [0.2, 0.25) is 0 Å². The average molecular weight is 515 g/mol. The van der Waals surface area contributed by atoms with Crippen molar-refractivity contribution in [3.8, 4) is 11.5 Å². The van der Waals surface area contributed by atoms with Crippen LogP contribution in [0, 0.1) is 6.92 Å². The van der Waals surface area contributed by atoms with Gasteiger partial charge in [0, 0.05) is 30.9 Å². The van der Waals surface area contributed by atoms with E-state index in [-0.39, 0.29) is 24.0 Å². The highest BCUT2D eigenvalue weighted by Gasteiger charge is 2.46. The Labute approximate surface area is 223 Å². The molecule has 1 N–H and O–H groups in total. The third kappa shape index (κ3) is 5.23. The normalized spacial score (nSPS) is 16.7. The van der Waals surface area contributed by atoms with Crippen LogP contribution in [0.3, 0.4) is 0 Å². The van der Waals surface area contributed by atoms with Gasteiger partial charge in [-0.05, 0) is 68.3 Å². The molecular weight excluding hydrogens is 480 g/mol. The summed E-state index contributed by atoms with van der Waals surface area (Å²) in [5.41, 5.74) is 3.79. The number of hydrogen-bond acceptors (Lipinski definition) is 6. The highest BCUT2D eigenvalue weighted by molar-refractivity contribution is 6.46. The van der Waals surface area contributed by atoms with Crippen LogP contribution >= 0.6 is 0 Å². The second-order valence-corrected chi connectivity index (χ2v) is 9.87. The van der Waals surface area contributed by atoms with Crippen LogP contribution in [0.2, 0.25) is 0 Å². The Hall–Kier alpha value is -4.26. The lowest BCUT2D eigenvalue weighted by atomic mass is 9.94. The lowest BCUT2D eigenvalue weighted by Gasteiger charge is -2.26. The standard InChI is InChI=1S/C31H34N2O5/c1-19(2)38-25-16-13-22(17-20(25)3)29(34)27-28(21-11-14-24(15-12-21)32(4)5)33(31(36)30(27)35)18-23-9-7-8-10-26(23)37-6/h7-17,19,28,34H,18H2,1-6H3/b29-27-. The lowest BCUT2D eigenvalue weighted by Crippen LogP contribution is -2.29. The molecule has 3 aromatic carbocycles. The lowest BCUT2D eigenvalue weighted by molar-refractivity contribution is -0.140. The molecule has 0 spiro atoms. The zero-order valence-corrected chi connectivity index (χ0v) is 22.7. The third-order valence-corrected chi connectivity index (χ3v) is 6.61. The predicted octanol–water partition coefficient (Wildman–Crippen LogP) is 5.48. The fourth-order valence-corrected chi connectivity index (χ4v) is 4.70. The Bertz CT molecular complexity index is 1380. The number of para-hydroxylation sites is 1. The van der Waals surface area contributed by atoms with E-state index in [1.807, 2.05) is 88.3 Å². The number of aliphatic hydroxyl groups is 1. The van der Waals surface area contributed by atoms with Crippen molar-refractivity contribution in [2.75, 3.05) is 26.1 Å². The molecular formula is C31H34N2O5. The summed E-state index contributed by atoms with van der Waals surface area (Å²) in [4.78, 5) is 30.3. The monoisotopic (exact) mass is 514 g/mol. The van der Waals surface area contributed by atoms with Gasteiger partial charge in [0.15, 0.2) is 0 Å². The number of carbonyl (C=O) groups is 2. The summed E-state index contributed by atoms with van der Waals surface area (Å²) in [7, 11) is 5.45. The van der Waals surface area contributed by atoms with Gasteiger partial charge in [-0.25, -0.2) is 0 Å². The molecule has 1 amide bonds. The van der Waals surface area contributed by atoms with Gasteiger partial charge < -0.3 is 24.4 Å². The first-order valence-corrected chi connectivity index (χ1v) is 12.6. The van der Waals surface area contributed by atoms with E-state index in [1.165, 1.54) is 4.90 Å². The van der Waals surface area contributed by atoms with Crippen molar-refractivity contribution < 1.29 is 24.2 Å². The highest BCUT2D eigenvalue weighted by atomic mass is 16.5. The van der Waals surface area contributed by atoms with E-state index < -0.39 is 17.7 Å². The first-order chi connectivity index (χ1) is 18.1. The van der Waals surface area contributed by atoms with E-state index in [0.29, 0.717) is 17.1 Å². The van der Waals surface area contributed by atoms with E-state index in [1.54, 1.807) is 25.3 Å². The SMILES string of the molecule is COc1ccccc1CN1C(=O)C(=O)/C(=C(\O)c2ccc(OC(C)C)c(C)c2)C1c1ccc(N(C)C)cc1. The molecule has 1 fully saturated rings. The van der Waals surface area contributed by atoms with Crippen LogP contribution in [0.1, 0.15) is 42.1 Å². The minimum atomic E-state index is -0.775. The number of methoxy groups -OCH3 is 1. The van der Waals surface area contributed by atoms with Crippen LogP contribution in [-0.2, 0) is 16.1 Å². The smallest absolute Gasteiger partial charge is 0.295 e. The topological polar surface area (TPSA) is 79.3 Å². The highest BCUT2D eigenvalue weighted by Crippen LogP contribution is 2.41. The molecule has 3 aromatic rings. The zero-order valence-electron chi connectivity index (χ0n) is 22.7. The second-order valence-electron chi connectivity index (χ2n) is 9.87. The molecule has 1 heterocycles. The van der Waals surface area contributed by atoms with Gasteiger partial charge in [-0.1, -0.05) is 30.3 Å². The number of hydrogen-bond donors (Lipinski definition) is 1. The van der Waals surface area contributed by atoms with Gasteiger partial charge in [-0.15, -0.1) is 0 Å². The van der Waals surface area contributed by atoms with Gasteiger partial charge in [0.1, 0.15) is 17.3 Å². The number of carbonyl (C=O) groups excluding carboxylic acids is 2. The molecule has 0 radical (unpaired) electrons. The van der Waals surface area contributed by atoms with Crippen LogP contribution in [0.15, 0.2) is 72.3 Å². The number of Topliss-reactive ketones (excluding diaryl/α,β-unsaturated/α-hetero) is 1. The summed E-state index contributed by atoms with van der Waals surface area (Å²) in [6.45, 7) is 5.91. The Morgan fingerprint density at radius 3 is 2.29 bits per heavy atom. The van der Waals surface area contributed by atoms with E-state index in [0.717, 1.165) is 22.4 Å². The summed E-state index contributed by atoms with van der Waals surface area (Å²) < 4.78 is 11.3. The summed E-state index contributed by atoms with van der Waals surface area (Å²) in [6, 6.07) is 19.5. The van der Waals surface area contributed by atoms with Crippen molar-refractivity contribution >= 4 is 23.1 Å². The number of ketones is 1. The average Bonchev–Trinajstić information content (AvgIpc) is 3.14. The minimum absolute atomic E-state index is 0.00131. The van der Waals surface area contributed by atoms with Crippen molar-refractivity contribution in [3.05, 3.63) is 94.6 Å². The van der Waals surface area contributed by atoms with Gasteiger partial charge in [-0.2, -0.15) is 0 Å². The fourth-order valence-electron chi connectivity index (χ4n) is 4.70. The summed E-state index contributed by atoms with van der Waals surface area (Å²) in [5.74, 6) is -0.293. The van der Waals surface area contributed by atoms with Crippen molar-refractivity contribution in [3.63, 3.8) is 0 Å². The molecule has 4 rings (SSSR count). The first-order valence-electron chi connectivity index (χ1n) is 12.6. The van der Waals surface area contributed by atoms with Crippen LogP contribution in [-0.4, -0.2) is 49.0 Å². The zero-order chi connectivity index (χ0) is 27.6. The van der Waals surface area contributed by atoms with E-state index in [9.17, 15) is 14.7 Å². The minimum Gasteiger partial charge on any atom is -0.507 e. The second kappa shape index (κ2) is 11.0. The molecule has 0 bridgehead atoms. The Balaban J connectivity index is 1.84. The third-order valence-electron chi connectivity index (χ3n) is 6.61. The molecule has 1 atom stereocenters. The number of aliphatic hydroxyl groups excluding tert-OH is 1. The summed E-state index contributed by atoms with van der Waals surface area (Å²) >= 11 is 0. The maximum absolute atomic E-state index is 13.5. The van der Waals surface area contributed by atoms with Crippen molar-refractivity contribution in [2.45, 2.75) is 39.5 Å². The molecule has 0 saturated carbocycles. The van der Waals surface area contributed by atoms with Crippen LogP contribution in [0.5, 0.6) is 11.5 Å². The summed E-state index contributed by atoms with van der Waals surface area (Å²) in [5, 5.41) is 11.5. The molecule has 1 saturated heterocycles. The molecule has 1 unspecified atom stereocenters. The maximum atomic E-state index is 13.5. The predicted molar refractivity (Wildman–Crippen MR) is 149 cm³/mol. The number of aryl methyl sites for hydroxylation is 1. The first kappa shape index (κ1) is 26.8. The van der Waals surface area contributed by atoms with Gasteiger partial charge >= 0.3 is 0 Å². The van der Waals surface area contributed by atoms with Crippen molar-refractivity contribution in [2.24, 2.45) is 0 Å². The largest absolute Gasteiger partial charge is 0.507 e. The molecule has 7 nitrogen and oxygen atoms in total.